The number of hydrogen-bond donors (Lipinski definition) is 2. The van der Waals surface area contributed by atoms with Crippen LogP contribution < -0.4 is 5.32 Å². The number of likely N-dealkylation sites (tertiary alicyclic amines) is 1. The average molecular weight is 456 g/mol. The molecule has 0 spiro atoms. The van der Waals surface area contributed by atoms with Crippen molar-refractivity contribution in [2.45, 2.75) is 58.0 Å². The third-order valence-corrected chi connectivity index (χ3v) is 6.63. The number of amides is 1. The molecule has 170 valence electrons. The van der Waals surface area contributed by atoms with Gasteiger partial charge in [-0.2, -0.15) is 13.2 Å². The molecule has 1 aromatic carbocycles. The molecule has 0 aliphatic carbocycles. The van der Waals surface area contributed by atoms with Gasteiger partial charge in [0.25, 0.3) is 0 Å². The topological polar surface area (TPSA) is 65.5 Å². The summed E-state index contributed by atoms with van der Waals surface area (Å²) in [7, 11) is 0. The molecule has 1 saturated heterocycles. The second kappa shape index (κ2) is 9.67. The van der Waals surface area contributed by atoms with Crippen LogP contribution in [0, 0.1) is 12.8 Å². The van der Waals surface area contributed by atoms with E-state index in [9.17, 15) is 23.1 Å². The Morgan fingerprint density at radius 1 is 1.29 bits per heavy atom. The highest BCUT2D eigenvalue weighted by atomic mass is 32.1. The second-order valence-corrected chi connectivity index (χ2v) is 9.26. The van der Waals surface area contributed by atoms with Crippen molar-refractivity contribution in [2.24, 2.45) is 5.92 Å². The van der Waals surface area contributed by atoms with Gasteiger partial charge in [0.1, 0.15) is 5.01 Å². The molecule has 2 unspecified atom stereocenters. The molecule has 1 amide bonds. The lowest BCUT2D eigenvalue weighted by atomic mass is 9.99. The first-order valence-electron chi connectivity index (χ1n) is 10.4. The number of aromatic nitrogens is 1. The van der Waals surface area contributed by atoms with E-state index in [0.29, 0.717) is 22.9 Å². The van der Waals surface area contributed by atoms with Gasteiger partial charge in [0.15, 0.2) is 0 Å². The number of benzene rings is 1. The summed E-state index contributed by atoms with van der Waals surface area (Å²) in [6.45, 7) is 6.91. The van der Waals surface area contributed by atoms with Crippen LogP contribution in [0.3, 0.4) is 0 Å². The quantitative estimate of drug-likeness (QED) is 0.659. The van der Waals surface area contributed by atoms with Gasteiger partial charge in [0.2, 0.25) is 11.5 Å². The number of aliphatic hydroxyl groups is 1. The number of piperidine rings is 1. The SMILES string of the molecule is Cc1csc(C(O)(CC(=O)NCc2ccc(CN3CCCC(C)C3)cc2)C(F)(F)F)n1. The number of aryl methyl sites for hydroxylation is 1. The van der Waals surface area contributed by atoms with Gasteiger partial charge < -0.3 is 10.4 Å². The summed E-state index contributed by atoms with van der Waals surface area (Å²) >= 11 is 0.691. The third kappa shape index (κ3) is 6.05. The van der Waals surface area contributed by atoms with Crippen molar-refractivity contribution in [1.82, 2.24) is 15.2 Å². The number of hydrogen-bond acceptors (Lipinski definition) is 5. The minimum atomic E-state index is -5.01. The summed E-state index contributed by atoms with van der Waals surface area (Å²) in [6.07, 6.45) is -3.67. The van der Waals surface area contributed by atoms with E-state index in [2.05, 4.69) is 22.1 Å². The number of thiazole rings is 1. The van der Waals surface area contributed by atoms with E-state index in [1.807, 2.05) is 24.3 Å². The number of nitrogens with zero attached hydrogens (tertiary/aromatic N) is 2. The maximum Gasteiger partial charge on any atom is 0.424 e. The average Bonchev–Trinajstić information content (AvgIpc) is 3.13. The van der Waals surface area contributed by atoms with Crippen LogP contribution in [0.4, 0.5) is 13.2 Å². The predicted octanol–water partition coefficient (Wildman–Crippen LogP) is 4.14. The lowest BCUT2D eigenvalue weighted by Gasteiger charge is -2.30. The fourth-order valence-electron chi connectivity index (χ4n) is 3.79. The first-order chi connectivity index (χ1) is 14.6. The highest BCUT2D eigenvalue weighted by molar-refractivity contribution is 7.09. The first kappa shape index (κ1) is 23.7. The van der Waals surface area contributed by atoms with Crippen LogP contribution >= 0.6 is 11.3 Å². The lowest BCUT2D eigenvalue weighted by molar-refractivity contribution is -0.267. The van der Waals surface area contributed by atoms with Crippen LogP contribution in [-0.4, -0.2) is 40.2 Å². The highest BCUT2D eigenvalue weighted by Gasteiger charge is 2.58. The monoisotopic (exact) mass is 455 g/mol. The van der Waals surface area contributed by atoms with Gasteiger partial charge in [-0.3, -0.25) is 9.69 Å². The molecule has 5 nitrogen and oxygen atoms in total. The zero-order valence-corrected chi connectivity index (χ0v) is 18.5. The first-order valence-corrected chi connectivity index (χ1v) is 11.2. The fourth-order valence-corrected chi connectivity index (χ4v) is 4.70. The maximum atomic E-state index is 13.5. The second-order valence-electron chi connectivity index (χ2n) is 8.40. The van der Waals surface area contributed by atoms with Crippen LogP contribution in [0.1, 0.15) is 48.0 Å². The summed E-state index contributed by atoms with van der Waals surface area (Å²) in [5.74, 6) is -0.189. The zero-order valence-electron chi connectivity index (χ0n) is 17.7. The Hall–Kier alpha value is -1.97. The van der Waals surface area contributed by atoms with Crippen LogP contribution in [-0.2, 0) is 23.5 Å². The Bertz CT molecular complexity index is 885. The molecular weight excluding hydrogens is 427 g/mol. The largest absolute Gasteiger partial charge is 0.424 e. The van der Waals surface area contributed by atoms with Crippen LogP contribution in [0.2, 0.25) is 0 Å². The molecule has 2 heterocycles. The van der Waals surface area contributed by atoms with Gasteiger partial charge in [0.05, 0.1) is 6.42 Å². The molecule has 31 heavy (non-hydrogen) atoms. The van der Waals surface area contributed by atoms with Crippen molar-refractivity contribution >= 4 is 17.2 Å². The normalized spacial score (nSPS) is 19.7. The van der Waals surface area contributed by atoms with E-state index < -0.39 is 29.1 Å². The third-order valence-electron chi connectivity index (χ3n) is 5.52. The minimum absolute atomic E-state index is 0.0880. The minimum Gasteiger partial charge on any atom is -0.374 e. The molecule has 2 atom stereocenters. The molecule has 1 aliphatic rings. The van der Waals surface area contributed by atoms with E-state index in [-0.39, 0.29) is 6.54 Å². The zero-order chi connectivity index (χ0) is 22.6. The molecule has 0 radical (unpaired) electrons. The number of carbonyl (C=O) groups excluding carboxylic acids is 1. The predicted molar refractivity (Wildman–Crippen MR) is 113 cm³/mol. The Morgan fingerprint density at radius 3 is 2.55 bits per heavy atom. The number of carbonyl (C=O) groups is 1. The van der Waals surface area contributed by atoms with Crippen molar-refractivity contribution in [3.05, 3.63) is 51.5 Å². The van der Waals surface area contributed by atoms with Gasteiger partial charge in [-0.15, -0.1) is 11.3 Å². The van der Waals surface area contributed by atoms with Crippen LogP contribution in [0.25, 0.3) is 0 Å². The fraction of sp³-hybridized carbons (Fsp3) is 0.545. The summed E-state index contributed by atoms with van der Waals surface area (Å²) in [4.78, 5) is 18.4. The summed E-state index contributed by atoms with van der Waals surface area (Å²) in [5, 5.41) is 13.6. The molecule has 2 N–H and O–H groups in total. The molecular formula is C22H28F3N3O2S. The molecule has 0 bridgehead atoms. The van der Waals surface area contributed by atoms with E-state index >= 15 is 0 Å². The molecule has 1 aliphatic heterocycles. The van der Waals surface area contributed by atoms with Gasteiger partial charge in [-0.25, -0.2) is 4.98 Å². The molecule has 3 rings (SSSR count). The summed E-state index contributed by atoms with van der Waals surface area (Å²) < 4.78 is 40.5. The lowest BCUT2D eigenvalue weighted by Crippen LogP contribution is -2.46. The van der Waals surface area contributed by atoms with Gasteiger partial charge in [-0.1, -0.05) is 31.2 Å². The van der Waals surface area contributed by atoms with Crippen LogP contribution in [0.5, 0.6) is 0 Å². The molecule has 9 heteroatoms. The number of nitrogens with one attached hydrogen (secondary N) is 1. The van der Waals surface area contributed by atoms with E-state index in [1.165, 1.54) is 25.1 Å². The van der Waals surface area contributed by atoms with Gasteiger partial charge >= 0.3 is 6.18 Å². The van der Waals surface area contributed by atoms with Crippen molar-refractivity contribution in [3.8, 4) is 0 Å². The standard InChI is InChI=1S/C22H28F3N3O2S/c1-15-4-3-9-28(12-15)13-18-7-5-17(6-8-18)11-26-19(29)10-21(30,22(23,24)25)20-27-16(2)14-31-20/h5-8,14-15,30H,3-4,9-13H2,1-2H3,(H,26,29). The van der Waals surface area contributed by atoms with E-state index in [1.54, 1.807) is 0 Å². The van der Waals surface area contributed by atoms with Crippen molar-refractivity contribution in [2.75, 3.05) is 13.1 Å². The number of alkyl halides is 3. The van der Waals surface area contributed by atoms with E-state index in [4.69, 9.17) is 0 Å². The molecule has 1 fully saturated rings. The van der Waals surface area contributed by atoms with E-state index in [0.717, 1.165) is 30.8 Å². The van der Waals surface area contributed by atoms with Crippen molar-refractivity contribution in [1.29, 1.82) is 0 Å². The summed E-state index contributed by atoms with van der Waals surface area (Å²) in [5.41, 5.74) is -0.993. The number of halogens is 3. The summed E-state index contributed by atoms with van der Waals surface area (Å²) in [6, 6.07) is 7.68. The highest BCUT2D eigenvalue weighted by Crippen LogP contribution is 2.42. The van der Waals surface area contributed by atoms with Crippen molar-refractivity contribution in [3.63, 3.8) is 0 Å². The maximum absolute atomic E-state index is 13.5. The van der Waals surface area contributed by atoms with Crippen LogP contribution in [0.15, 0.2) is 29.6 Å². The Labute approximate surface area is 184 Å². The number of rotatable bonds is 7. The Balaban J connectivity index is 1.56. The Morgan fingerprint density at radius 2 is 1.97 bits per heavy atom. The molecule has 1 aromatic heterocycles. The molecule has 0 saturated carbocycles. The smallest absolute Gasteiger partial charge is 0.374 e. The van der Waals surface area contributed by atoms with Gasteiger partial charge in [0, 0.05) is 30.7 Å². The Kier molecular flexibility index (Phi) is 7.39. The van der Waals surface area contributed by atoms with Crippen molar-refractivity contribution < 1.29 is 23.1 Å². The molecule has 2 aromatic rings. The van der Waals surface area contributed by atoms with Gasteiger partial charge in [-0.05, 0) is 43.4 Å².